The lowest BCUT2D eigenvalue weighted by molar-refractivity contribution is -0.125. The summed E-state index contributed by atoms with van der Waals surface area (Å²) in [6.07, 6.45) is 0. The van der Waals surface area contributed by atoms with Crippen LogP contribution < -0.4 is 15.4 Å². The fraction of sp³-hybridized carbons (Fsp3) is 0.391. The summed E-state index contributed by atoms with van der Waals surface area (Å²) in [6.45, 7) is 5.14. The molecule has 0 radical (unpaired) electrons. The smallest absolute Gasteiger partial charge is 0.224 e. The van der Waals surface area contributed by atoms with Crippen molar-refractivity contribution in [3.8, 4) is 11.5 Å². The first-order chi connectivity index (χ1) is 15.1. The van der Waals surface area contributed by atoms with Crippen LogP contribution in [0, 0.1) is 5.92 Å². The molecule has 8 heteroatoms. The van der Waals surface area contributed by atoms with Crippen LogP contribution in [0.4, 0.5) is 5.69 Å². The zero-order valence-electron chi connectivity index (χ0n) is 17.7. The van der Waals surface area contributed by atoms with Crippen molar-refractivity contribution in [2.24, 2.45) is 10.9 Å². The SMILES string of the molecule is COCCNC(=O)[C@@H](C)[C@@H]1CN(C2=Nc3cc(Cl)ccc3Oc3ccccc32)CCN1. The molecule has 1 fully saturated rings. The number of rotatable bonds is 5. The Kier molecular flexibility index (Phi) is 6.75. The van der Waals surface area contributed by atoms with Crippen LogP contribution in [0.25, 0.3) is 0 Å². The quantitative estimate of drug-likeness (QED) is 0.695. The fourth-order valence-electron chi connectivity index (χ4n) is 3.86. The van der Waals surface area contributed by atoms with E-state index in [9.17, 15) is 4.79 Å². The third kappa shape index (κ3) is 4.84. The Bertz CT molecular complexity index is 981. The van der Waals surface area contributed by atoms with Gasteiger partial charge in [0.2, 0.25) is 5.91 Å². The predicted octanol–water partition coefficient (Wildman–Crippen LogP) is 3.20. The molecule has 31 heavy (non-hydrogen) atoms. The van der Waals surface area contributed by atoms with Gasteiger partial charge < -0.3 is 25.0 Å². The van der Waals surface area contributed by atoms with Crippen LogP contribution in [-0.2, 0) is 9.53 Å². The second-order valence-electron chi connectivity index (χ2n) is 7.72. The van der Waals surface area contributed by atoms with Gasteiger partial charge in [-0.2, -0.15) is 0 Å². The normalized spacial score (nSPS) is 18.7. The molecule has 2 aromatic carbocycles. The Labute approximate surface area is 187 Å². The van der Waals surface area contributed by atoms with Crippen molar-refractivity contribution in [3.05, 3.63) is 53.1 Å². The molecule has 2 atom stereocenters. The molecule has 4 rings (SSSR count). The summed E-state index contributed by atoms with van der Waals surface area (Å²) in [5.74, 6) is 2.07. The maximum atomic E-state index is 12.6. The topological polar surface area (TPSA) is 75.2 Å². The van der Waals surface area contributed by atoms with Crippen molar-refractivity contribution < 1.29 is 14.3 Å². The van der Waals surface area contributed by atoms with Crippen LogP contribution in [0.3, 0.4) is 0 Å². The van der Waals surface area contributed by atoms with Crippen molar-refractivity contribution in [2.45, 2.75) is 13.0 Å². The van der Waals surface area contributed by atoms with Crippen molar-refractivity contribution in [1.82, 2.24) is 15.5 Å². The van der Waals surface area contributed by atoms with Gasteiger partial charge in [0.05, 0.1) is 18.1 Å². The Hall–Kier alpha value is -2.61. The first-order valence-electron chi connectivity index (χ1n) is 10.5. The highest BCUT2D eigenvalue weighted by Gasteiger charge is 2.31. The lowest BCUT2D eigenvalue weighted by atomic mass is 9.98. The van der Waals surface area contributed by atoms with Crippen LogP contribution in [0.15, 0.2) is 47.5 Å². The summed E-state index contributed by atoms with van der Waals surface area (Å²) in [5.41, 5.74) is 1.62. The average Bonchev–Trinajstić information content (AvgIpc) is 2.95. The van der Waals surface area contributed by atoms with E-state index in [1.54, 1.807) is 13.2 Å². The number of benzene rings is 2. The minimum Gasteiger partial charge on any atom is -0.454 e. The number of carbonyl (C=O) groups excluding carboxylic acids is 1. The molecular weight excluding hydrogens is 416 g/mol. The van der Waals surface area contributed by atoms with Crippen LogP contribution >= 0.6 is 11.6 Å². The Morgan fingerprint density at radius 1 is 1.35 bits per heavy atom. The second kappa shape index (κ2) is 9.68. The summed E-state index contributed by atoms with van der Waals surface area (Å²) in [7, 11) is 1.62. The van der Waals surface area contributed by atoms with Gasteiger partial charge in [-0.05, 0) is 30.3 Å². The highest BCUT2D eigenvalue weighted by atomic mass is 35.5. The lowest BCUT2D eigenvalue weighted by Gasteiger charge is -2.38. The lowest BCUT2D eigenvalue weighted by Crippen LogP contribution is -2.57. The summed E-state index contributed by atoms with van der Waals surface area (Å²) in [5, 5.41) is 7.03. The molecule has 7 nitrogen and oxygen atoms in total. The molecule has 2 aliphatic rings. The Morgan fingerprint density at radius 3 is 3.03 bits per heavy atom. The van der Waals surface area contributed by atoms with Crippen LogP contribution in [0.5, 0.6) is 11.5 Å². The highest BCUT2D eigenvalue weighted by Crippen LogP contribution is 2.39. The Morgan fingerprint density at radius 2 is 2.19 bits per heavy atom. The second-order valence-corrected chi connectivity index (χ2v) is 8.16. The molecule has 1 amide bonds. The van der Waals surface area contributed by atoms with Gasteiger partial charge in [0, 0.05) is 44.4 Å². The minimum atomic E-state index is -0.195. The van der Waals surface area contributed by atoms with E-state index in [1.807, 2.05) is 43.3 Å². The van der Waals surface area contributed by atoms with Crippen LogP contribution in [0.1, 0.15) is 12.5 Å². The summed E-state index contributed by atoms with van der Waals surface area (Å²) in [4.78, 5) is 19.7. The molecule has 1 saturated heterocycles. The molecule has 164 valence electrons. The van der Waals surface area contributed by atoms with E-state index in [2.05, 4.69) is 15.5 Å². The van der Waals surface area contributed by atoms with Crippen molar-refractivity contribution in [2.75, 3.05) is 39.9 Å². The van der Waals surface area contributed by atoms with Gasteiger partial charge in [0.1, 0.15) is 17.3 Å². The van der Waals surface area contributed by atoms with E-state index >= 15 is 0 Å². The Balaban J connectivity index is 1.60. The fourth-order valence-corrected chi connectivity index (χ4v) is 4.03. The first-order valence-corrected chi connectivity index (χ1v) is 10.8. The van der Waals surface area contributed by atoms with Gasteiger partial charge in [0.15, 0.2) is 5.75 Å². The number of para-hydroxylation sites is 1. The summed E-state index contributed by atoms with van der Waals surface area (Å²) >= 11 is 6.22. The van der Waals surface area contributed by atoms with Gasteiger partial charge in [-0.25, -0.2) is 4.99 Å². The number of piperazine rings is 1. The minimum absolute atomic E-state index is 0.00541. The van der Waals surface area contributed by atoms with Crippen LogP contribution in [-0.4, -0.2) is 62.6 Å². The summed E-state index contributed by atoms with van der Waals surface area (Å²) in [6, 6.07) is 13.3. The number of hydrogen-bond donors (Lipinski definition) is 2. The first kappa shape index (κ1) is 21.6. The number of aliphatic imine (C=N–C) groups is 1. The van der Waals surface area contributed by atoms with Crippen LogP contribution in [0.2, 0.25) is 5.02 Å². The molecule has 2 aliphatic heterocycles. The molecule has 0 saturated carbocycles. The number of nitrogens with zero attached hydrogens (tertiary/aromatic N) is 2. The number of ether oxygens (including phenoxy) is 2. The number of amides is 1. The van der Waals surface area contributed by atoms with Crippen molar-refractivity contribution in [3.63, 3.8) is 0 Å². The zero-order chi connectivity index (χ0) is 21.8. The van der Waals surface area contributed by atoms with Crippen molar-refractivity contribution in [1.29, 1.82) is 0 Å². The third-order valence-corrected chi connectivity index (χ3v) is 5.86. The molecule has 2 aromatic rings. The predicted molar refractivity (Wildman–Crippen MR) is 122 cm³/mol. The number of fused-ring (bicyclic) bond motifs is 2. The summed E-state index contributed by atoms with van der Waals surface area (Å²) < 4.78 is 11.2. The standard InChI is InChI=1S/C23H27ClN4O3/c1-15(23(29)26-10-12-30-2)19-14-28(11-9-25-19)22-17-5-3-4-6-20(17)31-21-8-7-16(24)13-18(21)27-22/h3-8,13,15,19,25H,9-12,14H2,1-2H3,(H,26,29)/t15-,19-/m0/s1. The molecule has 2 N–H and O–H groups in total. The van der Waals surface area contributed by atoms with E-state index in [4.69, 9.17) is 26.1 Å². The van der Waals surface area contributed by atoms with Gasteiger partial charge >= 0.3 is 0 Å². The van der Waals surface area contributed by atoms with E-state index in [-0.39, 0.29) is 17.9 Å². The molecule has 0 aromatic heterocycles. The number of amidine groups is 1. The monoisotopic (exact) mass is 442 g/mol. The van der Waals surface area contributed by atoms with Gasteiger partial charge in [-0.15, -0.1) is 0 Å². The zero-order valence-corrected chi connectivity index (χ0v) is 18.5. The number of methoxy groups -OCH3 is 1. The average molecular weight is 443 g/mol. The van der Waals surface area contributed by atoms with E-state index < -0.39 is 0 Å². The molecule has 0 bridgehead atoms. The maximum absolute atomic E-state index is 12.6. The van der Waals surface area contributed by atoms with E-state index in [0.717, 1.165) is 30.2 Å². The molecule has 0 spiro atoms. The number of carbonyl (C=O) groups is 1. The molecule has 0 unspecified atom stereocenters. The van der Waals surface area contributed by atoms with Gasteiger partial charge in [-0.1, -0.05) is 30.7 Å². The van der Waals surface area contributed by atoms with Gasteiger partial charge in [0.25, 0.3) is 0 Å². The van der Waals surface area contributed by atoms with Gasteiger partial charge in [-0.3, -0.25) is 4.79 Å². The molecular formula is C23H27ClN4O3. The third-order valence-electron chi connectivity index (χ3n) is 5.62. The molecule has 0 aliphatic carbocycles. The van der Waals surface area contributed by atoms with E-state index in [1.165, 1.54) is 0 Å². The highest BCUT2D eigenvalue weighted by molar-refractivity contribution is 6.31. The largest absolute Gasteiger partial charge is 0.454 e. The van der Waals surface area contributed by atoms with E-state index in [0.29, 0.717) is 36.2 Å². The number of nitrogens with one attached hydrogen (secondary N) is 2. The maximum Gasteiger partial charge on any atom is 0.224 e. The number of halogens is 1. The van der Waals surface area contributed by atoms with Crippen molar-refractivity contribution >= 4 is 29.0 Å². The molecule has 2 heterocycles. The number of hydrogen-bond acceptors (Lipinski definition) is 6.